The van der Waals surface area contributed by atoms with Crippen LogP contribution in [0.25, 0.3) is 10.6 Å². The summed E-state index contributed by atoms with van der Waals surface area (Å²) in [5, 5.41) is 3.11. The number of halogens is 1. The van der Waals surface area contributed by atoms with E-state index in [4.69, 9.17) is 16.6 Å². The molecule has 0 saturated carbocycles. The van der Waals surface area contributed by atoms with Crippen LogP contribution < -0.4 is 0 Å². The average molecular weight is 454 g/mol. The van der Waals surface area contributed by atoms with E-state index in [9.17, 15) is 8.42 Å². The van der Waals surface area contributed by atoms with Gasteiger partial charge in [-0.1, -0.05) is 41.4 Å². The lowest BCUT2D eigenvalue weighted by molar-refractivity contribution is 0.180. The highest BCUT2D eigenvalue weighted by Crippen LogP contribution is 2.29. The van der Waals surface area contributed by atoms with Crippen LogP contribution >= 0.6 is 34.3 Å². The minimum atomic E-state index is -3.45. The molecule has 5 nitrogen and oxygen atoms in total. The second kappa shape index (κ2) is 8.22. The van der Waals surface area contributed by atoms with Crippen LogP contribution in [0.4, 0.5) is 0 Å². The molecule has 0 bridgehead atoms. The highest BCUT2D eigenvalue weighted by Gasteiger charge is 2.29. The maximum atomic E-state index is 12.7. The standard InChI is InChI=1S/C19H20ClN3O2S3/c1-14-2-4-15(5-3-14)19-21-16(13-26-19)12-22-8-10-23(11-9-22)28(24,25)18-7-6-17(20)27-18/h2-7,13H,8-12H2,1H3. The molecule has 0 aliphatic carbocycles. The third-order valence-corrected chi connectivity index (χ3v) is 9.25. The van der Waals surface area contributed by atoms with E-state index in [-0.39, 0.29) is 0 Å². The third kappa shape index (κ3) is 4.32. The Hall–Kier alpha value is -1.29. The zero-order chi connectivity index (χ0) is 19.7. The molecule has 1 aliphatic heterocycles. The van der Waals surface area contributed by atoms with E-state index < -0.39 is 10.0 Å². The van der Waals surface area contributed by atoms with Gasteiger partial charge in [0, 0.05) is 43.7 Å². The molecule has 0 amide bonds. The molecule has 4 rings (SSSR count). The van der Waals surface area contributed by atoms with Crippen LogP contribution in [0.1, 0.15) is 11.3 Å². The quantitative estimate of drug-likeness (QED) is 0.576. The van der Waals surface area contributed by atoms with E-state index in [0.717, 1.165) is 34.1 Å². The zero-order valence-electron chi connectivity index (χ0n) is 15.3. The fourth-order valence-corrected chi connectivity index (χ4v) is 7.01. The predicted molar refractivity (Wildman–Crippen MR) is 116 cm³/mol. The normalized spacial score (nSPS) is 16.5. The van der Waals surface area contributed by atoms with Crippen molar-refractivity contribution in [3.63, 3.8) is 0 Å². The molecule has 9 heteroatoms. The Morgan fingerprint density at radius 1 is 1.07 bits per heavy atom. The van der Waals surface area contributed by atoms with Crippen molar-refractivity contribution < 1.29 is 8.42 Å². The van der Waals surface area contributed by atoms with Crippen molar-refractivity contribution in [2.75, 3.05) is 26.2 Å². The molecular formula is C19H20ClN3O2S3. The first kappa shape index (κ1) is 20.0. The SMILES string of the molecule is Cc1ccc(-c2nc(CN3CCN(S(=O)(=O)c4ccc(Cl)s4)CC3)cs2)cc1. The van der Waals surface area contributed by atoms with Crippen molar-refractivity contribution in [1.82, 2.24) is 14.2 Å². The van der Waals surface area contributed by atoms with E-state index in [1.807, 2.05) is 0 Å². The van der Waals surface area contributed by atoms with Crippen LogP contribution in [0.15, 0.2) is 46.0 Å². The van der Waals surface area contributed by atoms with Crippen molar-refractivity contribution in [3.05, 3.63) is 57.4 Å². The first-order chi connectivity index (χ1) is 13.4. The number of rotatable bonds is 5. The number of hydrogen-bond acceptors (Lipinski definition) is 6. The van der Waals surface area contributed by atoms with Gasteiger partial charge >= 0.3 is 0 Å². The van der Waals surface area contributed by atoms with Crippen LogP contribution in [0.3, 0.4) is 0 Å². The zero-order valence-corrected chi connectivity index (χ0v) is 18.5. The molecule has 0 atom stereocenters. The van der Waals surface area contributed by atoms with Gasteiger partial charge in [0.1, 0.15) is 9.22 Å². The predicted octanol–water partition coefficient (Wildman–Crippen LogP) is 4.34. The van der Waals surface area contributed by atoms with Gasteiger partial charge < -0.3 is 0 Å². The van der Waals surface area contributed by atoms with Gasteiger partial charge in [0.15, 0.2) is 0 Å². The Bertz CT molecular complexity index is 1050. The summed E-state index contributed by atoms with van der Waals surface area (Å²) in [4.78, 5) is 7.01. The van der Waals surface area contributed by atoms with Gasteiger partial charge in [-0.3, -0.25) is 4.90 Å². The second-order valence-electron chi connectivity index (χ2n) is 6.75. The van der Waals surface area contributed by atoms with Gasteiger partial charge in [-0.25, -0.2) is 13.4 Å². The smallest absolute Gasteiger partial charge is 0.252 e. The summed E-state index contributed by atoms with van der Waals surface area (Å²) in [6.45, 7) is 5.15. The summed E-state index contributed by atoms with van der Waals surface area (Å²) >= 11 is 8.65. The summed E-state index contributed by atoms with van der Waals surface area (Å²) in [5.41, 5.74) is 3.40. The van der Waals surface area contributed by atoms with Crippen LogP contribution in [0.2, 0.25) is 4.34 Å². The number of thiophene rings is 1. The minimum absolute atomic E-state index is 0.313. The van der Waals surface area contributed by atoms with Gasteiger partial charge in [-0.2, -0.15) is 4.31 Å². The van der Waals surface area contributed by atoms with Crippen molar-refractivity contribution in [3.8, 4) is 10.6 Å². The number of thiazole rings is 1. The second-order valence-corrected chi connectivity index (χ2v) is 11.5. The molecule has 1 fully saturated rings. The van der Waals surface area contributed by atoms with Gasteiger partial charge in [0.25, 0.3) is 10.0 Å². The van der Waals surface area contributed by atoms with Crippen molar-refractivity contribution in [1.29, 1.82) is 0 Å². The molecule has 3 heterocycles. The molecule has 1 saturated heterocycles. The Kier molecular flexibility index (Phi) is 5.87. The monoisotopic (exact) mass is 453 g/mol. The lowest BCUT2D eigenvalue weighted by atomic mass is 10.2. The molecule has 28 heavy (non-hydrogen) atoms. The van der Waals surface area contributed by atoms with Crippen LogP contribution in [-0.4, -0.2) is 48.8 Å². The summed E-state index contributed by atoms with van der Waals surface area (Å²) in [6, 6.07) is 11.6. The number of aryl methyl sites for hydroxylation is 1. The third-order valence-electron chi connectivity index (χ3n) is 4.71. The molecule has 2 aromatic heterocycles. The number of benzene rings is 1. The van der Waals surface area contributed by atoms with Crippen molar-refractivity contribution >= 4 is 44.3 Å². The lowest BCUT2D eigenvalue weighted by Crippen LogP contribution is -2.48. The fraction of sp³-hybridized carbons (Fsp3) is 0.316. The number of hydrogen-bond donors (Lipinski definition) is 0. The van der Waals surface area contributed by atoms with Gasteiger partial charge in [-0.15, -0.1) is 22.7 Å². The fourth-order valence-electron chi connectivity index (χ4n) is 3.13. The molecule has 0 N–H and O–H groups in total. The maximum absolute atomic E-state index is 12.7. The number of nitrogens with zero attached hydrogens (tertiary/aromatic N) is 3. The Balaban J connectivity index is 1.37. The van der Waals surface area contributed by atoms with E-state index >= 15 is 0 Å². The summed E-state index contributed by atoms with van der Waals surface area (Å²) in [7, 11) is -3.45. The Morgan fingerprint density at radius 2 is 1.79 bits per heavy atom. The molecular weight excluding hydrogens is 434 g/mol. The first-order valence-electron chi connectivity index (χ1n) is 8.91. The lowest BCUT2D eigenvalue weighted by Gasteiger charge is -2.33. The summed E-state index contributed by atoms with van der Waals surface area (Å²) in [6.07, 6.45) is 0. The Morgan fingerprint density at radius 3 is 2.43 bits per heavy atom. The molecule has 1 aromatic carbocycles. The molecule has 0 spiro atoms. The molecule has 0 radical (unpaired) electrons. The number of sulfonamides is 1. The van der Waals surface area contributed by atoms with Crippen LogP contribution in [0.5, 0.6) is 0 Å². The van der Waals surface area contributed by atoms with Gasteiger partial charge in [0.2, 0.25) is 0 Å². The van der Waals surface area contributed by atoms with Gasteiger partial charge in [-0.05, 0) is 19.1 Å². The highest BCUT2D eigenvalue weighted by atomic mass is 35.5. The van der Waals surface area contributed by atoms with Crippen LogP contribution in [0, 0.1) is 6.92 Å². The average Bonchev–Trinajstić information content (AvgIpc) is 3.32. The molecule has 1 aliphatic rings. The molecule has 0 unspecified atom stereocenters. The van der Waals surface area contributed by atoms with E-state index in [1.165, 1.54) is 5.56 Å². The van der Waals surface area contributed by atoms with E-state index in [1.54, 1.807) is 27.8 Å². The number of piperazine rings is 1. The van der Waals surface area contributed by atoms with Crippen molar-refractivity contribution in [2.45, 2.75) is 17.7 Å². The first-order valence-corrected chi connectivity index (χ1v) is 12.4. The van der Waals surface area contributed by atoms with E-state index in [2.05, 4.69) is 41.5 Å². The van der Waals surface area contributed by atoms with Gasteiger partial charge in [0.05, 0.1) is 10.0 Å². The topological polar surface area (TPSA) is 53.5 Å². The number of aromatic nitrogens is 1. The molecule has 148 valence electrons. The maximum Gasteiger partial charge on any atom is 0.252 e. The minimum Gasteiger partial charge on any atom is -0.295 e. The van der Waals surface area contributed by atoms with Crippen molar-refractivity contribution in [2.24, 2.45) is 0 Å². The largest absolute Gasteiger partial charge is 0.295 e. The van der Waals surface area contributed by atoms with Crippen LogP contribution in [-0.2, 0) is 16.6 Å². The summed E-state index contributed by atoms with van der Waals surface area (Å²) < 4.78 is 27.7. The molecule has 3 aromatic rings. The Labute approximate surface area is 178 Å². The van der Waals surface area contributed by atoms with E-state index in [0.29, 0.717) is 34.7 Å². The highest BCUT2D eigenvalue weighted by molar-refractivity contribution is 7.91. The summed E-state index contributed by atoms with van der Waals surface area (Å²) in [5.74, 6) is 0.